The highest BCUT2D eigenvalue weighted by Crippen LogP contribution is 2.34. The fourth-order valence-electron chi connectivity index (χ4n) is 2.94. The van der Waals surface area contributed by atoms with Gasteiger partial charge in [-0.25, -0.2) is 0 Å². The van der Waals surface area contributed by atoms with Crippen molar-refractivity contribution >= 4 is 5.69 Å². The molecular formula is C16H26N2O2. The Morgan fingerprint density at radius 1 is 1.45 bits per heavy atom. The van der Waals surface area contributed by atoms with E-state index in [0.29, 0.717) is 6.04 Å². The smallest absolute Gasteiger partial charge is 0.160 e. The molecule has 0 spiro atoms. The number of hydrogen-bond donors (Lipinski definition) is 1. The summed E-state index contributed by atoms with van der Waals surface area (Å²) < 4.78 is 11.4. The molecule has 0 bridgehead atoms. The van der Waals surface area contributed by atoms with E-state index in [0.717, 1.165) is 49.4 Å². The van der Waals surface area contributed by atoms with Crippen LogP contribution in [0.25, 0.3) is 0 Å². The molecule has 1 atom stereocenters. The van der Waals surface area contributed by atoms with E-state index in [4.69, 9.17) is 9.47 Å². The van der Waals surface area contributed by atoms with Crippen LogP contribution in [-0.2, 0) is 4.74 Å². The van der Waals surface area contributed by atoms with E-state index in [1.54, 1.807) is 13.3 Å². The zero-order valence-corrected chi connectivity index (χ0v) is 13.0. The predicted octanol–water partition coefficient (Wildman–Crippen LogP) is 3.55. The van der Waals surface area contributed by atoms with Crippen LogP contribution in [0.3, 0.4) is 0 Å². The minimum Gasteiger partial charge on any atom is -0.493 e. The van der Waals surface area contributed by atoms with E-state index in [-0.39, 0.29) is 5.60 Å². The topological polar surface area (TPSA) is 43.4 Å². The molecular weight excluding hydrogens is 252 g/mol. The minimum atomic E-state index is 0.0330. The molecule has 2 heterocycles. The molecule has 1 aliphatic heterocycles. The van der Waals surface area contributed by atoms with Gasteiger partial charge in [-0.05, 0) is 38.7 Å². The first-order valence-corrected chi connectivity index (χ1v) is 7.53. The maximum absolute atomic E-state index is 6.03. The Morgan fingerprint density at radius 2 is 2.20 bits per heavy atom. The van der Waals surface area contributed by atoms with Crippen LogP contribution in [0.5, 0.6) is 5.75 Å². The molecule has 0 saturated carbocycles. The molecule has 1 aliphatic rings. The van der Waals surface area contributed by atoms with Gasteiger partial charge in [0.05, 0.1) is 24.6 Å². The molecule has 0 radical (unpaired) electrons. The summed E-state index contributed by atoms with van der Waals surface area (Å²) >= 11 is 0. The van der Waals surface area contributed by atoms with Gasteiger partial charge in [0.15, 0.2) is 5.75 Å². The standard InChI is InChI=1S/C16H26N2O2/c1-5-16(6-2)10-13(7-8-20-16)18-14-9-12(3)17-11-15(14)19-4/h9,11,13H,5-8,10H2,1-4H3,(H,17,18). The van der Waals surface area contributed by atoms with Gasteiger partial charge in [0, 0.05) is 18.3 Å². The third-order valence-electron chi connectivity index (χ3n) is 4.37. The fourth-order valence-corrected chi connectivity index (χ4v) is 2.94. The Balaban J connectivity index is 2.11. The quantitative estimate of drug-likeness (QED) is 0.894. The number of aromatic nitrogens is 1. The molecule has 1 N–H and O–H groups in total. The van der Waals surface area contributed by atoms with Crippen LogP contribution in [0.4, 0.5) is 5.69 Å². The van der Waals surface area contributed by atoms with Gasteiger partial charge in [0.2, 0.25) is 0 Å². The van der Waals surface area contributed by atoms with Gasteiger partial charge in [0.1, 0.15) is 0 Å². The average molecular weight is 278 g/mol. The van der Waals surface area contributed by atoms with E-state index in [2.05, 4.69) is 24.1 Å². The first kappa shape index (κ1) is 15.1. The Bertz CT molecular complexity index is 444. The lowest BCUT2D eigenvalue weighted by Crippen LogP contribution is -2.43. The molecule has 1 aromatic heterocycles. The summed E-state index contributed by atoms with van der Waals surface area (Å²) in [5.74, 6) is 0.806. The van der Waals surface area contributed by atoms with Crippen molar-refractivity contribution in [2.24, 2.45) is 0 Å². The maximum atomic E-state index is 6.03. The molecule has 1 unspecified atom stereocenters. The van der Waals surface area contributed by atoms with E-state index < -0.39 is 0 Å². The van der Waals surface area contributed by atoms with Gasteiger partial charge in [-0.1, -0.05) is 13.8 Å². The van der Waals surface area contributed by atoms with Crippen molar-refractivity contribution in [3.63, 3.8) is 0 Å². The van der Waals surface area contributed by atoms with Crippen LogP contribution in [0, 0.1) is 6.92 Å². The lowest BCUT2D eigenvalue weighted by Gasteiger charge is -2.40. The molecule has 0 aliphatic carbocycles. The number of aryl methyl sites for hydroxylation is 1. The Morgan fingerprint density at radius 3 is 2.85 bits per heavy atom. The summed E-state index contributed by atoms with van der Waals surface area (Å²) in [4.78, 5) is 4.27. The van der Waals surface area contributed by atoms with Gasteiger partial charge < -0.3 is 14.8 Å². The first-order valence-electron chi connectivity index (χ1n) is 7.53. The van der Waals surface area contributed by atoms with Crippen LogP contribution in [0.2, 0.25) is 0 Å². The fraction of sp³-hybridized carbons (Fsp3) is 0.688. The van der Waals surface area contributed by atoms with Crippen molar-refractivity contribution in [2.75, 3.05) is 19.0 Å². The van der Waals surface area contributed by atoms with Crippen LogP contribution >= 0.6 is 0 Å². The number of anilines is 1. The second-order valence-corrected chi connectivity index (χ2v) is 5.60. The molecule has 4 nitrogen and oxygen atoms in total. The third kappa shape index (κ3) is 3.23. The van der Waals surface area contributed by atoms with Crippen molar-refractivity contribution in [3.05, 3.63) is 18.0 Å². The number of methoxy groups -OCH3 is 1. The summed E-state index contributed by atoms with van der Waals surface area (Å²) in [6, 6.07) is 2.48. The zero-order chi connectivity index (χ0) is 14.6. The second-order valence-electron chi connectivity index (χ2n) is 5.60. The first-order chi connectivity index (χ1) is 9.62. The van der Waals surface area contributed by atoms with Crippen LogP contribution in [-0.4, -0.2) is 30.3 Å². The van der Waals surface area contributed by atoms with E-state index in [1.165, 1.54) is 0 Å². The van der Waals surface area contributed by atoms with Gasteiger partial charge in [-0.3, -0.25) is 4.98 Å². The van der Waals surface area contributed by atoms with Gasteiger partial charge in [-0.15, -0.1) is 0 Å². The van der Waals surface area contributed by atoms with Crippen LogP contribution < -0.4 is 10.1 Å². The Kier molecular flexibility index (Phi) is 4.86. The van der Waals surface area contributed by atoms with E-state index >= 15 is 0 Å². The summed E-state index contributed by atoms with van der Waals surface area (Å²) in [5, 5.41) is 3.62. The highest BCUT2D eigenvalue weighted by Gasteiger charge is 2.34. The lowest BCUT2D eigenvalue weighted by molar-refractivity contribution is -0.0864. The lowest BCUT2D eigenvalue weighted by atomic mass is 9.86. The third-order valence-corrected chi connectivity index (χ3v) is 4.37. The van der Waals surface area contributed by atoms with Crippen molar-refractivity contribution < 1.29 is 9.47 Å². The summed E-state index contributed by atoms with van der Waals surface area (Å²) in [6.07, 6.45) is 5.99. The molecule has 1 saturated heterocycles. The Hall–Kier alpha value is -1.29. The number of rotatable bonds is 5. The van der Waals surface area contributed by atoms with Crippen molar-refractivity contribution in [1.82, 2.24) is 4.98 Å². The highest BCUT2D eigenvalue weighted by molar-refractivity contribution is 5.56. The monoisotopic (exact) mass is 278 g/mol. The molecule has 0 aromatic carbocycles. The van der Waals surface area contributed by atoms with Crippen molar-refractivity contribution in [1.29, 1.82) is 0 Å². The zero-order valence-electron chi connectivity index (χ0n) is 13.0. The number of hydrogen-bond acceptors (Lipinski definition) is 4. The van der Waals surface area contributed by atoms with Crippen LogP contribution in [0.15, 0.2) is 12.3 Å². The van der Waals surface area contributed by atoms with Crippen LogP contribution in [0.1, 0.15) is 45.2 Å². The largest absolute Gasteiger partial charge is 0.493 e. The number of ether oxygens (including phenoxy) is 2. The van der Waals surface area contributed by atoms with E-state index in [1.807, 2.05) is 13.0 Å². The minimum absolute atomic E-state index is 0.0330. The van der Waals surface area contributed by atoms with Crippen molar-refractivity contribution in [2.45, 2.75) is 58.1 Å². The second kappa shape index (κ2) is 6.44. The normalized spacial score (nSPS) is 21.5. The number of nitrogens with one attached hydrogen (secondary N) is 1. The van der Waals surface area contributed by atoms with Gasteiger partial charge in [0.25, 0.3) is 0 Å². The summed E-state index contributed by atoms with van der Waals surface area (Å²) in [7, 11) is 1.68. The van der Waals surface area contributed by atoms with E-state index in [9.17, 15) is 0 Å². The maximum Gasteiger partial charge on any atom is 0.160 e. The Labute approximate surface area is 121 Å². The van der Waals surface area contributed by atoms with Gasteiger partial charge in [-0.2, -0.15) is 0 Å². The summed E-state index contributed by atoms with van der Waals surface area (Å²) in [6.45, 7) is 7.24. The predicted molar refractivity (Wildman–Crippen MR) is 81.4 cm³/mol. The molecule has 20 heavy (non-hydrogen) atoms. The van der Waals surface area contributed by atoms with Crippen molar-refractivity contribution in [3.8, 4) is 5.75 Å². The average Bonchev–Trinajstić information content (AvgIpc) is 2.47. The molecule has 1 aromatic rings. The molecule has 4 heteroatoms. The molecule has 0 amide bonds. The molecule has 1 fully saturated rings. The molecule has 2 rings (SSSR count). The number of nitrogens with zero attached hydrogens (tertiary/aromatic N) is 1. The molecule has 112 valence electrons. The number of pyridine rings is 1. The SMILES string of the molecule is CCC1(CC)CC(Nc2cc(C)ncc2OC)CCO1. The highest BCUT2D eigenvalue weighted by atomic mass is 16.5. The van der Waals surface area contributed by atoms with Gasteiger partial charge >= 0.3 is 0 Å². The summed E-state index contributed by atoms with van der Waals surface area (Å²) in [5.41, 5.74) is 2.07.